The maximum atomic E-state index is 11.9. The first-order valence-electron chi connectivity index (χ1n) is 7.09. The molecule has 0 fully saturated rings. The molecule has 0 saturated heterocycles. The van der Waals surface area contributed by atoms with Gasteiger partial charge in [-0.25, -0.2) is 13.1 Å². The molecule has 0 aliphatic rings. The molecular formula is C14H24ClN3O4S. The second-order valence-corrected chi connectivity index (χ2v) is 6.29. The Morgan fingerprint density at radius 2 is 1.78 bits per heavy atom. The number of carbonyl (C=O) groups is 1. The Bertz CT molecular complexity index is 564. The molecule has 1 aromatic rings. The molecule has 1 aromatic carbocycles. The summed E-state index contributed by atoms with van der Waals surface area (Å²) < 4.78 is 30.9. The van der Waals surface area contributed by atoms with Gasteiger partial charge in [-0.2, -0.15) is 0 Å². The van der Waals surface area contributed by atoms with Crippen LogP contribution in [-0.2, 0) is 14.8 Å². The number of amides is 1. The van der Waals surface area contributed by atoms with Crippen molar-refractivity contribution in [2.24, 2.45) is 0 Å². The fraction of sp³-hybridized carbons (Fsp3) is 0.500. The SMILES string of the molecule is CCNS(=O)(=O)c1ccc(C(=O)NCCNCCOC)cc1.Cl. The molecule has 0 saturated carbocycles. The van der Waals surface area contributed by atoms with Crippen LogP contribution in [0.3, 0.4) is 0 Å². The summed E-state index contributed by atoms with van der Waals surface area (Å²) >= 11 is 0. The van der Waals surface area contributed by atoms with E-state index in [9.17, 15) is 13.2 Å². The summed E-state index contributed by atoms with van der Waals surface area (Å²) in [7, 11) is -1.86. The monoisotopic (exact) mass is 365 g/mol. The molecule has 132 valence electrons. The predicted molar refractivity (Wildman–Crippen MR) is 91.6 cm³/mol. The predicted octanol–water partition coefficient (Wildman–Crippen LogP) is 0.372. The molecule has 23 heavy (non-hydrogen) atoms. The van der Waals surface area contributed by atoms with Gasteiger partial charge in [0.2, 0.25) is 10.0 Å². The Morgan fingerprint density at radius 3 is 2.35 bits per heavy atom. The van der Waals surface area contributed by atoms with E-state index in [0.29, 0.717) is 31.8 Å². The van der Waals surface area contributed by atoms with Crippen LogP contribution >= 0.6 is 12.4 Å². The largest absolute Gasteiger partial charge is 0.383 e. The maximum Gasteiger partial charge on any atom is 0.251 e. The molecule has 0 atom stereocenters. The minimum absolute atomic E-state index is 0. The molecule has 0 aromatic heterocycles. The second-order valence-electron chi connectivity index (χ2n) is 4.52. The number of sulfonamides is 1. The molecule has 0 aliphatic carbocycles. The third kappa shape index (κ3) is 7.76. The lowest BCUT2D eigenvalue weighted by atomic mass is 10.2. The van der Waals surface area contributed by atoms with E-state index in [1.807, 2.05) is 0 Å². The number of carbonyl (C=O) groups excluding carboxylic acids is 1. The van der Waals surface area contributed by atoms with Crippen molar-refractivity contribution in [3.05, 3.63) is 29.8 Å². The summed E-state index contributed by atoms with van der Waals surface area (Å²) in [6.45, 7) is 4.50. The molecule has 0 spiro atoms. The molecule has 1 amide bonds. The van der Waals surface area contributed by atoms with Crippen molar-refractivity contribution in [2.45, 2.75) is 11.8 Å². The van der Waals surface area contributed by atoms with E-state index in [-0.39, 0.29) is 23.2 Å². The van der Waals surface area contributed by atoms with Gasteiger partial charge in [0.1, 0.15) is 0 Å². The average molecular weight is 366 g/mol. The van der Waals surface area contributed by atoms with Crippen molar-refractivity contribution in [3.8, 4) is 0 Å². The van der Waals surface area contributed by atoms with Gasteiger partial charge in [-0.1, -0.05) is 6.92 Å². The van der Waals surface area contributed by atoms with Crippen LogP contribution in [0.4, 0.5) is 0 Å². The quantitative estimate of drug-likeness (QED) is 0.521. The first kappa shape index (κ1) is 21.8. The highest BCUT2D eigenvalue weighted by Gasteiger charge is 2.13. The maximum absolute atomic E-state index is 11.9. The molecule has 0 aliphatic heterocycles. The summed E-state index contributed by atoms with van der Waals surface area (Å²) in [5.74, 6) is -0.235. The van der Waals surface area contributed by atoms with Gasteiger partial charge in [-0.15, -0.1) is 12.4 Å². The number of hydrogen-bond donors (Lipinski definition) is 3. The zero-order chi connectivity index (χ0) is 16.4. The third-order valence-electron chi connectivity index (χ3n) is 2.83. The van der Waals surface area contributed by atoms with Crippen LogP contribution in [0.25, 0.3) is 0 Å². The first-order chi connectivity index (χ1) is 10.5. The highest BCUT2D eigenvalue weighted by Crippen LogP contribution is 2.10. The van der Waals surface area contributed by atoms with Gasteiger partial charge >= 0.3 is 0 Å². The zero-order valence-corrected chi connectivity index (χ0v) is 14.9. The highest BCUT2D eigenvalue weighted by atomic mass is 35.5. The molecule has 0 unspecified atom stereocenters. The first-order valence-corrected chi connectivity index (χ1v) is 8.57. The summed E-state index contributed by atoms with van der Waals surface area (Å²) in [4.78, 5) is 12.0. The fourth-order valence-electron chi connectivity index (χ4n) is 1.72. The number of halogens is 1. The van der Waals surface area contributed by atoms with Gasteiger partial charge in [0, 0.05) is 38.9 Å². The molecule has 0 radical (unpaired) electrons. The van der Waals surface area contributed by atoms with Crippen LogP contribution in [-0.4, -0.2) is 54.2 Å². The van der Waals surface area contributed by atoms with Crippen LogP contribution in [0, 0.1) is 0 Å². The average Bonchev–Trinajstić information content (AvgIpc) is 2.50. The van der Waals surface area contributed by atoms with E-state index >= 15 is 0 Å². The molecule has 0 bridgehead atoms. The van der Waals surface area contributed by atoms with E-state index in [2.05, 4.69) is 15.4 Å². The number of ether oxygens (including phenoxy) is 1. The highest BCUT2D eigenvalue weighted by molar-refractivity contribution is 7.89. The van der Waals surface area contributed by atoms with Gasteiger partial charge in [0.25, 0.3) is 5.91 Å². The standard InChI is InChI=1S/C14H23N3O4S.ClH/c1-3-17-22(19,20)13-6-4-12(5-7-13)14(18)16-9-8-15-10-11-21-2;/h4-7,15,17H,3,8-11H2,1-2H3,(H,16,18);1H. The minimum Gasteiger partial charge on any atom is -0.383 e. The Labute approximate surface area is 143 Å². The van der Waals surface area contributed by atoms with E-state index in [0.717, 1.165) is 6.54 Å². The lowest BCUT2D eigenvalue weighted by Gasteiger charge is -2.08. The molecule has 0 heterocycles. The van der Waals surface area contributed by atoms with E-state index < -0.39 is 10.0 Å². The Balaban J connectivity index is 0.00000484. The van der Waals surface area contributed by atoms with Gasteiger partial charge in [-0.05, 0) is 24.3 Å². The fourth-order valence-corrected chi connectivity index (χ4v) is 2.77. The number of methoxy groups -OCH3 is 1. The molecular weight excluding hydrogens is 342 g/mol. The van der Waals surface area contributed by atoms with Gasteiger partial charge in [0.05, 0.1) is 11.5 Å². The lowest BCUT2D eigenvalue weighted by molar-refractivity contribution is 0.0953. The Morgan fingerprint density at radius 1 is 1.13 bits per heavy atom. The molecule has 9 heteroatoms. The van der Waals surface area contributed by atoms with Crippen molar-refractivity contribution in [1.29, 1.82) is 0 Å². The third-order valence-corrected chi connectivity index (χ3v) is 4.39. The number of rotatable bonds is 10. The van der Waals surface area contributed by atoms with Gasteiger partial charge < -0.3 is 15.4 Å². The van der Waals surface area contributed by atoms with Gasteiger partial charge in [0.15, 0.2) is 0 Å². The molecule has 3 N–H and O–H groups in total. The van der Waals surface area contributed by atoms with Crippen molar-refractivity contribution in [3.63, 3.8) is 0 Å². The Hall–Kier alpha value is -1.19. The number of benzene rings is 1. The minimum atomic E-state index is -3.49. The Kier molecular flexibility index (Phi) is 10.8. The van der Waals surface area contributed by atoms with Crippen molar-refractivity contribution in [1.82, 2.24) is 15.4 Å². The van der Waals surface area contributed by atoms with Crippen molar-refractivity contribution >= 4 is 28.3 Å². The smallest absolute Gasteiger partial charge is 0.251 e. The zero-order valence-electron chi connectivity index (χ0n) is 13.3. The molecule has 1 rings (SSSR count). The van der Waals surface area contributed by atoms with Gasteiger partial charge in [-0.3, -0.25) is 4.79 Å². The van der Waals surface area contributed by atoms with Crippen LogP contribution in [0.5, 0.6) is 0 Å². The lowest BCUT2D eigenvalue weighted by Crippen LogP contribution is -2.33. The summed E-state index contributed by atoms with van der Waals surface area (Å²) in [5, 5.41) is 5.86. The second kappa shape index (κ2) is 11.4. The van der Waals surface area contributed by atoms with E-state index in [1.54, 1.807) is 14.0 Å². The van der Waals surface area contributed by atoms with Crippen LogP contribution in [0.2, 0.25) is 0 Å². The summed E-state index contributed by atoms with van der Waals surface area (Å²) in [6, 6.07) is 5.84. The summed E-state index contributed by atoms with van der Waals surface area (Å²) in [6.07, 6.45) is 0. The number of hydrogen-bond acceptors (Lipinski definition) is 5. The van der Waals surface area contributed by atoms with Crippen molar-refractivity contribution in [2.75, 3.05) is 39.9 Å². The topological polar surface area (TPSA) is 96.5 Å². The summed E-state index contributed by atoms with van der Waals surface area (Å²) in [5.41, 5.74) is 0.423. The normalized spacial score (nSPS) is 10.9. The van der Waals surface area contributed by atoms with Crippen LogP contribution in [0.15, 0.2) is 29.2 Å². The molecule has 7 nitrogen and oxygen atoms in total. The van der Waals surface area contributed by atoms with Crippen LogP contribution < -0.4 is 15.4 Å². The van der Waals surface area contributed by atoms with E-state index in [4.69, 9.17) is 4.74 Å². The van der Waals surface area contributed by atoms with Crippen LogP contribution in [0.1, 0.15) is 17.3 Å². The van der Waals surface area contributed by atoms with E-state index in [1.165, 1.54) is 24.3 Å². The van der Waals surface area contributed by atoms with Crippen molar-refractivity contribution < 1.29 is 17.9 Å². The number of nitrogens with one attached hydrogen (secondary N) is 3.